The monoisotopic (exact) mass is 380 g/mol. The summed E-state index contributed by atoms with van der Waals surface area (Å²) < 4.78 is 16.6. The molecule has 1 atom stereocenters. The van der Waals surface area contributed by atoms with Gasteiger partial charge in [-0.3, -0.25) is 9.89 Å². The van der Waals surface area contributed by atoms with E-state index in [0.717, 1.165) is 63.8 Å². The van der Waals surface area contributed by atoms with Gasteiger partial charge in [-0.1, -0.05) is 0 Å². The molecule has 27 heavy (non-hydrogen) atoms. The predicted molar refractivity (Wildman–Crippen MR) is 108 cm³/mol. The number of nitrogens with one attached hydrogen (secondary N) is 1. The molecule has 0 aromatic carbocycles. The SMILES string of the molecule is CCNC(=NCC(c1ccco1)N(C)C)N1CCC(OCCCOC)CC1. The molecule has 0 amide bonds. The van der Waals surface area contributed by atoms with E-state index in [0.29, 0.717) is 12.6 Å². The van der Waals surface area contributed by atoms with Gasteiger partial charge in [0.25, 0.3) is 0 Å². The van der Waals surface area contributed by atoms with Crippen LogP contribution in [0.3, 0.4) is 0 Å². The summed E-state index contributed by atoms with van der Waals surface area (Å²) in [6.45, 7) is 7.11. The molecule has 154 valence electrons. The van der Waals surface area contributed by atoms with Gasteiger partial charge in [0.15, 0.2) is 5.96 Å². The lowest BCUT2D eigenvalue weighted by molar-refractivity contribution is 0.00989. The number of ether oxygens (including phenoxy) is 2. The predicted octanol–water partition coefficient (Wildman–Crippen LogP) is 2.37. The second-order valence-electron chi connectivity index (χ2n) is 7.09. The third kappa shape index (κ3) is 7.16. The first-order valence-electron chi connectivity index (χ1n) is 9.99. The second kappa shape index (κ2) is 12.0. The molecule has 0 aliphatic carbocycles. The van der Waals surface area contributed by atoms with Crippen LogP contribution in [0.1, 0.15) is 38.0 Å². The van der Waals surface area contributed by atoms with Crippen LogP contribution in [0, 0.1) is 0 Å². The number of likely N-dealkylation sites (tertiary alicyclic amines) is 1. The van der Waals surface area contributed by atoms with Crippen LogP contribution in [-0.2, 0) is 9.47 Å². The fourth-order valence-electron chi connectivity index (χ4n) is 3.27. The molecule has 7 heteroatoms. The first-order chi connectivity index (χ1) is 13.2. The summed E-state index contributed by atoms with van der Waals surface area (Å²) in [5.74, 6) is 1.93. The van der Waals surface area contributed by atoms with E-state index in [1.54, 1.807) is 13.4 Å². The number of hydrogen-bond acceptors (Lipinski definition) is 5. The summed E-state index contributed by atoms with van der Waals surface area (Å²) in [5.41, 5.74) is 0. The summed E-state index contributed by atoms with van der Waals surface area (Å²) in [7, 11) is 5.84. The molecule has 1 aromatic rings. The van der Waals surface area contributed by atoms with E-state index in [1.807, 2.05) is 12.1 Å². The number of aliphatic imine (C=N–C) groups is 1. The fourth-order valence-corrected chi connectivity index (χ4v) is 3.27. The number of methoxy groups -OCH3 is 1. The summed E-state index contributed by atoms with van der Waals surface area (Å²) >= 11 is 0. The Morgan fingerprint density at radius 2 is 2.15 bits per heavy atom. The highest BCUT2D eigenvalue weighted by molar-refractivity contribution is 5.80. The number of hydrogen-bond donors (Lipinski definition) is 1. The molecule has 1 fully saturated rings. The van der Waals surface area contributed by atoms with Crippen LogP contribution in [0.25, 0.3) is 0 Å². The molecular formula is C20H36N4O3. The van der Waals surface area contributed by atoms with Gasteiger partial charge in [0.2, 0.25) is 0 Å². The van der Waals surface area contributed by atoms with Gasteiger partial charge in [0.05, 0.1) is 25.0 Å². The summed E-state index contributed by atoms with van der Waals surface area (Å²) in [4.78, 5) is 9.38. The van der Waals surface area contributed by atoms with Crippen molar-refractivity contribution < 1.29 is 13.9 Å². The van der Waals surface area contributed by atoms with E-state index in [-0.39, 0.29) is 6.04 Å². The highest BCUT2D eigenvalue weighted by Crippen LogP contribution is 2.20. The van der Waals surface area contributed by atoms with E-state index in [2.05, 4.69) is 36.1 Å². The van der Waals surface area contributed by atoms with Crippen molar-refractivity contribution in [2.24, 2.45) is 4.99 Å². The average Bonchev–Trinajstić information content (AvgIpc) is 3.19. The number of furan rings is 1. The largest absolute Gasteiger partial charge is 0.468 e. The van der Waals surface area contributed by atoms with Crippen LogP contribution in [0.2, 0.25) is 0 Å². The third-order valence-corrected chi connectivity index (χ3v) is 4.83. The molecule has 2 rings (SSSR count). The van der Waals surface area contributed by atoms with Gasteiger partial charge in [-0.05, 0) is 52.4 Å². The van der Waals surface area contributed by atoms with Crippen molar-refractivity contribution in [3.8, 4) is 0 Å². The van der Waals surface area contributed by atoms with E-state index >= 15 is 0 Å². The molecule has 1 unspecified atom stereocenters. The Bertz CT molecular complexity index is 525. The van der Waals surface area contributed by atoms with Crippen LogP contribution in [0.4, 0.5) is 0 Å². The van der Waals surface area contributed by atoms with Gasteiger partial charge >= 0.3 is 0 Å². The van der Waals surface area contributed by atoms with Crippen LogP contribution < -0.4 is 5.32 Å². The lowest BCUT2D eigenvalue weighted by atomic mass is 10.1. The maximum absolute atomic E-state index is 5.97. The van der Waals surface area contributed by atoms with Crippen molar-refractivity contribution in [3.05, 3.63) is 24.2 Å². The minimum absolute atomic E-state index is 0.135. The number of rotatable bonds is 10. The van der Waals surface area contributed by atoms with E-state index in [1.165, 1.54) is 0 Å². The Balaban J connectivity index is 1.88. The van der Waals surface area contributed by atoms with E-state index in [9.17, 15) is 0 Å². The van der Waals surface area contributed by atoms with Gasteiger partial charge in [0.1, 0.15) is 5.76 Å². The Kier molecular flexibility index (Phi) is 9.66. The highest BCUT2D eigenvalue weighted by Gasteiger charge is 2.23. The average molecular weight is 381 g/mol. The van der Waals surface area contributed by atoms with E-state index in [4.69, 9.17) is 18.9 Å². The van der Waals surface area contributed by atoms with Crippen molar-refractivity contribution in [2.45, 2.75) is 38.3 Å². The van der Waals surface area contributed by atoms with Crippen LogP contribution in [-0.4, -0.2) is 82.5 Å². The molecule has 0 radical (unpaired) electrons. The standard InChI is InChI=1S/C20H36N4O3/c1-5-21-20(22-16-18(23(2)3)19-8-6-14-27-19)24-11-9-17(10-12-24)26-15-7-13-25-4/h6,8,14,17-18H,5,7,9-13,15-16H2,1-4H3,(H,21,22). The smallest absolute Gasteiger partial charge is 0.193 e. The van der Waals surface area contributed by atoms with Crippen LogP contribution in [0.15, 0.2) is 27.8 Å². The van der Waals surface area contributed by atoms with Crippen molar-refractivity contribution >= 4 is 5.96 Å². The molecule has 1 N–H and O–H groups in total. The Labute approximate surface area is 163 Å². The number of likely N-dealkylation sites (N-methyl/N-ethyl adjacent to an activating group) is 1. The molecule has 7 nitrogen and oxygen atoms in total. The van der Waals surface area contributed by atoms with Crippen molar-refractivity contribution in [1.29, 1.82) is 0 Å². The highest BCUT2D eigenvalue weighted by atomic mass is 16.5. The minimum atomic E-state index is 0.135. The normalized spacial score (nSPS) is 17.5. The maximum Gasteiger partial charge on any atom is 0.193 e. The zero-order chi connectivity index (χ0) is 19.5. The maximum atomic E-state index is 5.97. The van der Waals surface area contributed by atoms with Crippen molar-refractivity contribution in [2.75, 3.05) is 60.6 Å². The quantitative estimate of drug-likeness (QED) is 0.382. The Morgan fingerprint density at radius 1 is 1.37 bits per heavy atom. The Morgan fingerprint density at radius 3 is 2.74 bits per heavy atom. The molecule has 1 aliphatic rings. The number of piperidine rings is 1. The van der Waals surface area contributed by atoms with Crippen molar-refractivity contribution in [3.63, 3.8) is 0 Å². The zero-order valence-corrected chi connectivity index (χ0v) is 17.3. The molecule has 1 aromatic heterocycles. The van der Waals surface area contributed by atoms with Gasteiger partial charge in [-0.2, -0.15) is 0 Å². The fraction of sp³-hybridized carbons (Fsp3) is 0.750. The van der Waals surface area contributed by atoms with Gasteiger partial charge < -0.3 is 24.1 Å². The van der Waals surface area contributed by atoms with Crippen LogP contribution >= 0.6 is 0 Å². The summed E-state index contributed by atoms with van der Waals surface area (Å²) in [5, 5.41) is 3.44. The molecule has 1 saturated heterocycles. The number of nitrogens with zero attached hydrogens (tertiary/aromatic N) is 3. The third-order valence-electron chi connectivity index (χ3n) is 4.83. The summed E-state index contributed by atoms with van der Waals surface area (Å²) in [6, 6.07) is 4.08. The molecule has 0 saturated carbocycles. The second-order valence-corrected chi connectivity index (χ2v) is 7.09. The van der Waals surface area contributed by atoms with Gasteiger partial charge in [-0.15, -0.1) is 0 Å². The van der Waals surface area contributed by atoms with Gasteiger partial charge in [-0.25, -0.2) is 0 Å². The molecule has 2 heterocycles. The Hall–Kier alpha value is -1.57. The lowest BCUT2D eigenvalue weighted by Crippen LogP contribution is -2.47. The molecule has 1 aliphatic heterocycles. The van der Waals surface area contributed by atoms with Crippen molar-refractivity contribution in [1.82, 2.24) is 15.1 Å². The minimum Gasteiger partial charge on any atom is -0.468 e. The molecular weight excluding hydrogens is 344 g/mol. The lowest BCUT2D eigenvalue weighted by Gasteiger charge is -2.34. The van der Waals surface area contributed by atoms with Crippen LogP contribution in [0.5, 0.6) is 0 Å². The summed E-state index contributed by atoms with van der Waals surface area (Å²) in [6.07, 6.45) is 5.09. The molecule has 0 spiro atoms. The topological polar surface area (TPSA) is 62.5 Å². The first kappa shape index (κ1) is 21.7. The molecule has 0 bridgehead atoms. The zero-order valence-electron chi connectivity index (χ0n) is 17.3. The number of guanidine groups is 1. The van der Waals surface area contributed by atoms with E-state index < -0.39 is 0 Å². The van der Waals surface area contributed by atoms with Gasteiger partial charge in [0, 0.05) is 40.0 Å². The first-order valence-corrected chi connectivity index (χ1v) is 9.99.